The van der Waals surface area contributed by atoms with Crippen molar-refractivity contribution in [2.24, 2.45) is 0 Å². The molecule has 0 atom stereocenters. The van der Waals surface area contributed by atoms with Crippen molar-refractivity contribution in [1.82, 2.24) is 9.38 Å². The zero-order valence-corrected chi connectivity index (χ0v) is 16.1. The number of ether oxygens (including phenoxy) is 1. The van der Waals surface area contributed by atoms with Crippen LogP contribution in [-0.4, -0.2) is 15.3 Å². The number of hydrogen-bond donors (Lipinski definition) is 1. The maximum absolute atomic E-state index is 12.6. The van der Waals surface area contributed by atoms with Gasteiger partial charge in [-0.15, -0.1) is 0 Å². The highest BCUT2D eigenvalue weighted by Gasteiger charge is 2.12. The summed E-state index contributed by atoms with van der Waals surface area (Å²) in [6.07, 6.45) is 3.63. The van der Waals surface area contributed by atoms with Gasteiger partial charge < -0.3 is 14.5 Å². The van der Waals surface area contributed by atoms with Crippen molar-refractivity contribution >= 4 is 40.4 Å². The maximum Gasteiger partial charge on any atom is 0.230 e. The van der Waals surface area contributed by atoms with Gasteiger partial charge in [-0.2, -0.15) is 0 Å². The first-order valence-corrected chi connectivity index (χ1v) is 9.28. The van der Waals surface area contributed by atoms with Crippen molar-refractivity contribution in [3.63, 3.8) is 0 Å². The fourth-order valence-corrected chi connectivity index (χ4v) is 3.11. The van der Waals surface area contributed by atoms with Crippen molar-refractivity contribution in [3.05, 3.63) is 88.8 Å². The Balaban J connectivity index is 1.52. The summed E-state index contributed by atoms with van der Waals surface area (Å²) in [6, 6.07) is 18.0. The Labute approximate surface area is 171 Å². The van der Waals surface area contributed by atoms with E-state index < -0.39 is 0 Å². The number of benzene rings is 2. The van der Waals surface area contributed by atoms with Gasteiger partial charge in [0.1, 0.15) is 11.4 Å². The van der Waals surface area contributed by atoms with Crippen LogP contribution in [0.1, 0.15) is 5.69 Å². The highest BCUT2D eigenvalue weighted by molar-refractivity contribution is 6.31. The van der Waals surface area contributed by atoms with E-state index in [2.05, 4.69) is 10.3 Å². The number of halogens is 2. The second kappa shape index (κ2) is 7.92. The molecule has 4 aromatic rings. The van der Waals surface area contributed by atoms with Gasteiger partial charge in [-0.25, -0.2) is 4.98 Å². The summed E-state index contributed by atoms with van der Waals surface area (Å²) >= 11 is 12.1. The highest BCUT2D eigenvalue weighted by Crippen LogP contribution is 2.32. The van der Waals surface area contributed by atoms with E-state index in [0.29, 0.717) is 32.9 Å². The molecule has 5 nitrogen and oxygen atoms in total. The minimum absolute atomic E-state index is 0.108. The molecule has 0 saturated heterocycles. The molecule has 1 amide bonds. The second-order valence-corrected chi connectivity index (χ2v) is 7.00. The number of anilines is 1. The van der Waals surface area contributed by atoms with Gasteiger partial charge >= 0.3 is 0 Å². The van der Waals surface area contributed by atoms with Crippen LogP contribution in [0.25, 0.3) is 5.65 Å². The van der Waals surface area contributed by atoms with Gasteiger partial charge in [-0.1, -0.05) is 41.4 Å². The van der Waals surface area contributed by atoms with E-state index in [1.165, 1.54) is 0 Å². The van der Waals surface area contributed by atoms with Crippen LogP contribution in [0.4, 0.5) is 5.69 Å². The van der Waals surface area contributed by atoms with Gasteiger partial charge in [0.05, 0.1) is 22.8 Å². The number of carbonyl (C=O) groups excluding carboxylic acids is 1. The van der Waals surface area contributed by atoms with Crippen LogP contribution >= 0.6 is 23.2 Å². The number of rotatable bonds is 5. The fourth-order valence-electron chi connectivity index (χ4n) is 2.77. The van der Waals surface area contributed by atoms with Crippen LogP contribution in [0, 0.1) is 0 Å². The first-order chi connectivity index (χ1) is 13.6. The van der Waals surface area contributed by atoms with Gasteiger partial charge in [0.15, 0.2) is 5.75 Å². The van der Waals surface area contributed by atoms with Crippen LogP contribution in [0.15, 0.2) is 73.1 Å². The average Bonchev–Trinajstić information content (AvgIpc) is 3.06. The third-order valence-corrected chi connectivity index (χ3v) is 4.45. The number of aromatic nitrogens is 2. The van der Waals surface area contributed by atoms with Crippen LogP contribution in [0.5, 0.6) is 11.5 Å². The van der Waals surface area contributed by atoms with Crippen molar-refractivity contribution < 1.29 is 9.53 Å². The molecule has 0 aliphatic rings. The Kier molecular flexibility index (Phi) is 5.19. The largest absolute Gasteiger partial charge is 0.455 e. The summed E-state index contributed by atoms with van der Waals surface area (Å²) in [5, 5.41) is 3.95. The monoisotopic (exact) mass is 411 g/mol. The number of imidazole rings is 1. The summed E-state index contributed by atoms with van der Waals surface area (Å²) in [6.45, 7) is 0. The minimum atomic E-state index is -0.227. The van der Waals surface area contributed by atoms with E-state index in [9.17, 15) is 4.79 Å². The zero-order valence-electron chi connectivity index (χ0n) is 14.6. The summed E-state index contributed by atoms with van der Waals surface area (Å²) in [5.41, 5.74) is 1.85. The third-order valence-electron chi connectivity index (χ3n) is 3.99. The molecule has 2 aromatic heterocycles. The lowest BCUT2D eigenvalue weighted by Crippen LogP contribution is -2.15. The molecule has 4 rings (SSSR count). The third kappa shape index (κ3) is 4.27. The Bertz CT molecular complexity index is 1140. The molecule has 0 aliphatic heterocycles. The predicted octanol–water partition coefficient (Wildman–Crippen LogP) is 5.61. The zero-order chi connectivity index (χ0) is 19.5. The van der Waals surface area contributed by atoms with E-state index in [0.717, 1.165) is 5.65 Å². The Hall–Kier alpha value is -3.02. The first-order valence-electron chi connectivity index (χ1n) is 8.52. The molecule has 0 spiro atoms. The van der Waals surface area contributed by atoms with Gasteiger partial charge in [0.2, 0.25) is 5.91 Å². The molecule has 7 heteroatoms. The van der Waals surface area contributed by atoms with Gasteiger partial charge in [0.25, 0.3) is 0 Å². The molecule has 0 saturated carbocycles. The lowest BCUT2D eigenvalue weighted by molar-refractivity contribution is -0.115. The Morgan fingerprint density at radius 1 is 1.00 bits per heavy atom. The molecule has 2 aromatic carbocycles. The van der Waals surface area contributed by atoms with Crippen LogP contribution in [0.2, 0.25) is 10.0 Å². The SMILES string of the molecule is O=C(Cc1cn2cc(Cl)ccc2n1)Nc1cc(Cl)ccc1Oc1ccccc1. The highest BCUT2D eigenvalue weighted by atomic mass is 35.5. The molecule has 0 unspecified atom stereocenters. The first kappa shape index (κ1) is 18.3. The lowest BCUT2D eigenvalue weighted by atomic mass is 10.2. The standard InChI is InChI=1S/C21H15Cl2N3O2/c22-14-6-8-19(28-17-4-2-1-3-5-17)18(10-14)25-21(27)11-16-13-26-12-15(23)7-9-20(26)24-16/h1-10,12-13H,11H2,(H,25,27). The summed E-state index contributed by atoms with van der Waals surface area (Å²) in [7, 11) is 0. The Morgan fingerprint density at radius 2 is 1.79 bits per heavy atom. The molecule has 28 heavy (non-hydrogen) atoms. The predicted molar refractivity (Wildman–Crippen MR) is 111 cm³/mol. The topological polar surface area (TPSA) is 55.6 Å². The molecule has 0 aliphatic carbocycles. The van der Waals surface area contributed by atoms with E-state index >= 15 is 0 Å². The molecule has 2 heterocycles. The van der Waals surface area contributed by atoms with E-state index in [4.69, 9.17) is 27.9 Å². The fraction of sp³-hybridized carbons (Fsp3) is 0.0476. The van der Waals surface area contributed by atoms with E-state index in [1.54, 1.807) is 47.1 Å². The molecule has 1 N–H and O–H groups in total. The Morgan fingerprint density at radius 3 is 2.61 bits per heavy atom. The van der Waals surface area contributed by atoms with Crippen molar-refractivity contribution in [1.29, 1.82) is 0 Å². The minimum Gasteiger partial charge on any atom is -0.455 e. The normalized spacial score (nSPS) is 10.8. The summed E-state index contributed by atoms with van der Waals surface area (Å²) in [5.74, 6) is 0.943. The molecule has 0 bridgehead atoms. The van der Waals surface area contributed by atoms with Gasteiger partial charge in [-0.05, 0) is 42.5 Å². The van der Waals surface area contributed by atoms with Crippen LogP contribution < -0.4 is 10.1 Å². The number of para-hydroxylation sites is 1. The van der Waals surface area contributed by atoms with Gasteiger partial charge in [0, 0.05) is 17.4 Å². The number of fused-ring (bicyclic) bond motifs is 1. The molecule has 0 fully saturated rings. The molecule has 0 radical (unpaired) electrons. The molecular weight excluding hydrogens is 397 g/mol. The van der Waals surface area contributed by atoms with Crippen molar-refractivity contribution in [2.75, 3.05) is 5.32 Å². The number of hydrogen-bond acceptors (Lipinski definition) is 3. The number of nitrogens with one attached hydrogen (secondary N) is 1. The number of amides is 1. The lowest BCUT2D eigenvalue weighted by Gasteiger charge is -2.12. The number of pyridine rings is 1. The summed E-state index contributed by atoms with van der Waals surface area (Å²) in [4.78, 5) is 17.0. The second-order valence-electron chi connectivity index (χ2n) is 6.13. The molecular formula is C21H15Cl2N3O2. The average molecular weight is 412 g/mol. The summed E-state index contributed by atoms with van der Waals surface area (Å²) < 4.78 is 7.66. The van der Waals surface area contributed by atoms with Crippen LogP contribution in [-0.2, 0) is 11.2 Å². The van der Waals surface area contributed by atoms with Crippen LogP contribution in [0.3, 0.4) is 0 Å². The van der Waals surface area contributed by atoms with Crippen molar-refractivity contribution in [3.8, 4) is 11.5 Å². The van der Waals surface area contributed by atoms with E-state index in [-0.39, 0.29) is 12.3 Å². The number of nitrogens with zero attached hydrogens (tertiary/aromatic N) is 2. The molecule has 140 valence electrons. The van der Waals surface area contributed by atoms with Crippen molar-refractivity contribution in [2.45, 2.75) is 6.42 Å². The quantitative estimate of drug-likeness (QED) is 0.463. The number of carbonyl (C=O) groups is 1. The van der Waals surface area contributed by atoms with E-state index in [1.807, 2.05) is 30.3 Å². The smallest absolute Gasteiger partial charge is 0.230 e. The maximum atomic E-state index is 12.6. The van der Waals surface area contributed by atoms with Gasteiger partial charge in [-0.3, -0.25) is 4.79 Å².